The molecule has 1 fully saturated rings. The molecule has 1 saturated carbocycles. The van der Waals surface area contributed by atoms with E-state index in [1.54, 1.807) is 0 Å². The molecule has 0 bridgehead atoms. The number of hydrogen-bond donors (Lipinski definition) is 2. The highest BCUT2D eigenvalue weighted by Gasteiger charge is 2.46. The zero-order valence-corrected chi connectivity index (χ0v) is 12.9. The first kappa shape index (κ1) is 14.8. The third-order valence-corrected chi connectivity index (χ3v) is 4.77. The molecule has 1 amide bonds. The number of amides is 1. The fraction of sp³-hybridized carbons (Fsp3) is 0.444. The lowest BCUT2D eigenvalue weighted by atomic mass is 9.79. The Morgan fingerprint density at radius 3 is 2.59 bits per heavy atom. The van der Waals surface area contributed by atoms with Gasteiger partial charge in [-0.15, -0.1) is 0 Å². The summed E-state index contributed by atoms with van der Waals surface area (Å²) in [5, 5.41) is 11.0. The van der Waals surface area contributed by atoms with Crippen LogP contribution in [0.1, 0.15) is 44.6 Å². The second-order valence-corrected chi connectivity index (χ2v) is 6.15. The fourth-order valence-corrected chi connectivity index (χ4v) is 3.46. The van der Waals surface area contributed by atoms with Gasteiger partial charge in [-0.3, -0.25) is 10.2 Å². The van der Waals surface area contributed by atoms with Crippen molar-refractivity contribution in [3.05, 3.63) is 47.0 Å². The standard InChI is InChI=1S/C18H22N2O2/c1-13-15(16(19)22-18(13)10-6-3-7-11-18)17(21)20-12-14-8-4-2-5-9-14/h2,4-5,8-9,19H,3,6-7,10-12H2,1H3,(H,20,21). The van der Waals surface area contributed by atoms with Crippen molar-refractivity contribution >= 4 is 11.8 Å². The molecule has 1 spiro atoms. The zero-order chi connectivity index (χ0) is 15.6. The third kappa shape index (κ3) is 2.65. The van der Waals surface area contributed by atoms with Crippen LogP contribution < -0.4 is 5.32 Å². The summed E-state index contributed by atoms with van der Waals surface area (Å²) in [6.45, 7) is 2.42. The average molecular weight is 298 g/mol. The monoisotopic (exact) mass is 298 g/mol. The van der Waals surface area contributed by atoms with E-state index in [1.807, 2.05) is 37.3 Å². The minimum Gasteiger partial charge on any atom is -0.466 e. The lowest BCUT2D eigenvalue weighted by Crippen LogP contribution is -2.33. The van der Waals surface area contributed by atoms with E-state index in [0.717, 1.165) is 36.8 Å². The molecule has 1 aromatic carbocycles. The molecular formula is C18H22N2O2. The molecule has 1 heterocycles. The molecule has 0 unspecified atom stereocenters. The van der Waals surface area contributed by atoms with E-state index in [1.165, 1.54) is 6.42 Å². The van der Waals surface area contributed by atoms with Gasteiger partial charge in [0.2, 0.25) is 5.90 Å². The molecule has 0 aromatic heterocycles. The van der Waals surface area contributed by atoms with Gasteiger partial charge in [-0.05, 0) is 43.7 Å². The number of carbonyl (C=O) groups is 1. The van der Waals surface area contributed by atoms with Crippen LogP contribution in [0, 0.1) is 5.41 Å². The van der Waals surface area contributed by atoms with Crippen LogP contribution in [-0.2, 0) is 16.1 Å². The van der Waals surface area contributed by atoms with Crippen molar-refractivity contribution in [3.8, 4) is 0 Å². The summed E-state index contributed by atoms with van der Waals surface area (Å²) in [4.78, 5) is 12.5. The van der Waals surface area contributed by atoms with Crippen molar-refractivity contribution in [2.75, 3.05) is 0 Å². The number of nitrogens with one attached hydrogen (secondary N) is 2. The Morgan fingerprint density at radius 1 is 1.23 bits per heavy atom. The van der Waals surface area contributed by atoms with Crippen LogP contribution >= 0.6 is 0 Å². The quantitative estimate of drug-likeness (QED) is 0.899. The first-order chi connectivity index (χ1) is 10.6. The molecule has 3 rings (SSSR count). The second kappa shape index (κ2) is 5.95. The molecule has 22 heavy (non-hydrogen) atoms. The maximum atomic E-state index is 12.5. The SMILES string of the molecule is CC1=C(C(=O)NCc2ccccc2)C(=N)OC12CCCCC2. The van der Waals surface area contributed by atoms with E-state index in [0.29, 0.717) is 12.1 Å². The highest BCUT2D eigenvalue weighted by atomic mass is 16.5. The minimum atomic E-state index is -0.394. The normalized spacial score (nSPS) is 20.1. The molecule has 2 aliphatic rings. The van der Waals surface area contributed by atoms with Crippen molar-refractivity contribution in [2.45, 2.75) is 51.2 Å². The van der Waals surface area contributed by atoms with Gasteiger partial charge in [0.05, 0.1) is 0 Å². The van der Waals surface area contributed by atoms with Crippen LogP contribution in [0.5, 0.6) is 0 Å². The first-order valence-corrected chi connectivity index (χ1v) is 7.94. The molecule has 4 nitrogen and oxygen atoms in total. The number of carbonyl (C=O) groups excluding carboxylic acids is 1. The summed E-state index contributed by atoms with van der Waals surface area (Å²) in [7, 11) is 0. The summed E-state index contributed by atoms with van der Waals surface area (Å²) in [5.74, 6) is -0.168. The van der Waals surface area contributed by atoms with Crippen molar-refractivity contribution < 1.29 is 9.53 Å². The van der Waals surface area contributed by atoms with E-state index >= 15 is 0 Å². The molecule has 4 heteroatoms. The Kier molecular flexibility index (Phi) is 4.01. The molecule has 0 atom stereocenters. The summed E-state index contributed by atoms with van der Waals surface area (Å²) < 4.78 is 5.84. The van der Waals surface area contributed by atoms with Gasteiger partial charge in [-0.1, -0.05) is 36.8 Å². The average Bonchev–Trinajstić information content (AvgIpc) is 2.77. The van der Waals surface area contributed by atoms with Crippen molar-refractivity contribution in [1.29, 1.82) is 5.41 Å². The van der Waals surface area contributed by atoms with E-state index in [4.69, 9.17) is 10.1 Å². The predicted molar refractivity (Wildman–Crippen MR) is 85.6 cm³/mol. The highest BCUT2D eigenvalue weighted by Crippen LogP contribution is 2.43. The van der Waals surface area contributed by atoms with Crippen LogP contribution in [0.25, 0.3) is 0 Å². The number of benzene rings is 1. The van der Waals surface area contributed by atoms with Crippen LogP contribution in [0.2, 0.25) is 0 Å². The topological polar surface area (TPSA) is 62.2 Å². The Bertz CT molecular complexity index is 613. The Hall–Kier alpha value is -2.10. The van der Waals surface area contributed by atoms with Crippen LogP contribution in [-0.4, -0.2) is 17.4 Å². The summed E-state index contributed by atoms with van der Waals surface area (Å²) in [6, 6.07) is 9.79. The maximum Gasteiger partial charge on any atom is 0.257 e. The van der Waals surface area contributed by atoms with Crippen molar-refractivity contribution in [3.63, 3.8) is 0 Å². The van der Waals surface area contributed by atoms with Gasteiger partial charge in [0.25, 0.3) is 5.91 Å². The molecule has 1 aliphatic carbocycles. The smallest absolute Gasteiger partial charge is 0.257 e. The van der Waals surface area contributed by atoms with Gasteiger partial charge < -0.3 is 10.1 Å². The van der Waals surface area contributed by atoms with E-state index in [9.17, 15) is 4.79 Å². The number of hydrogen-bond acceptors (Lipinski definition) is 3. The molecule has 1 aromatic rings. The van der Waals surface area contributed by atoms with Gasteiger partial charge in [0, 0.05) is 6.54 Å². The summed E-state index contributed by atoms with van der Waals surface area (Å²) >= 11 is 0. The van der Waals surface area contributed by atoms with E-state index in [2.05, 4.69) is 5.32 Å². The molecule has 2 N–H and O–H groups in total. The minimum absolute atomic E-state index is 0.0324. The largest absolute Gasteiger partial charge is 0.466 e. The first-order valence-electron chi connectivity index (χ1n) is 7.94. The molecule has 116 valence electrons. The third-order valence-electron chi connectivity index (χ3n) is 4.77. The summed E-state index contributed by atoms with van der Waals surface area (Å²) in [5.41, 5.74) is 2.02. The molecule has 0 saturated heterocycles. The maximum absolute atomic E-state index is 12.5. The molecule has 0 radical (unpaired) electrons. The van der Waals surface area contributed by atoms with Gasteiger partial charge in [0.1, 0.15) is 11.2 Å². The zero-order valence-electron chi connectivity index (χ0n) is 12.9. The van der Waals surface area contributed by atoms with Gasteiger partial charge >= 0.3 is 0 Å². The second-order valence-electron chi connectivity index (χ2n) is 6.15. The van der Waals surface area contributed by atoms with Crippen LogP contribution in [0.15, 0.2) is 41.5 Å². The fourth-order valence-electron chi connectivity index (χ4n) is 3.46. The lowest BCUT2D eigenvalue weighted by Gasteiger charge is -2.33. The van der Waals surface area contributed by atoms with E-state index < -0.39 is 5.60 Å². The van der Waals surface area contributed by atoms with Crippen LogP contribution in [0.3, 0.4) is 0 Å². The van der Waals surface area contributed by atoms with Crippen molar-refractivity contribution in [1.82, 2.24) is 5.32 Å². The number of rotatable bonds is 3. The lowest BCUT2D eigenvalue weighted by molar-refractivity contribution is -0.117. The molecule has 1 aliphatic heterocycles. The van der Waals surface area contributed by atoms with Crippen LogP contribution in [0.4, 0.5) is 0 Å². The summed E-state index contributed by atoms with van der Waals surface area (Å²) in [6.07, 6.45) is 5.24. The number of ether oxygens (including phenoxy) is 1. The van der Waals surface area contributed by atoms with E-state index in [-0.39, 0.29) is 11.8 Å². The predicted octanol–water partition coefficient (Wildman–Crippen LogP) is 3.33. The molecular weight excluding hydrogens is 276 g/mol. The highest BCUT2D eigenvalue weighted by molar-refractivity contribution is 6.19. The van der Waals surface area contributed by atoms with Gasteiger partial charge in [0.15, 0.2) is 0 Å². The Labute approximate surface area is 131 Å². The van der Waals surface area contributed by atoms with Crippen molar-refractivity contribution in [2.24, 2.45) is 0 Å². The Balaban J connectivity index is 1.74. The van der Waals surface area contributed by atoms with Gasteiger partial charge in [-0.2, -0.15) is 0 Å². The van der Waals surface area contributed by atoms with Gasteiger partial charge in [-0.25, -0.2) is 0 Å². The Morgan fingerprint density at radius 2 is 1.91 bits per heavy atom.